The van der Waals surface area contributed by atoms with Crippen molar-refractivity contribution in [3.63, 3.8) is 0 Å². The smallest absolute Gasteiger partial charge is 0.324 e. The lowest BCUT2D eigenvalue weighted by Gasteiger charge is -2.20. The zero-order valence-electron chi connectivity index (χ0n) is 18.5. The summed E-state index contributed by atoms with van der Waals surface area (Å²) in [7, 11) is 1.51. The first-order valence-electron chi connectivity index (χ1n) is 10.2. The highest BCUT2D eigenvalue weighted by Crippen LogP contribution is 2.37. The van der Waals surface area contributed by atoms with Crippen molar-refractivity contribution < 1.29 is 19.1 Å². The van der Waals surface area contributed by atoms with Crippen molar-refractivity contribution in [3.05, 3.63) is 39.7 Å². The number of hydrogen-bond acceptors (Lipinski definition) is 5. The quantitative estimate of drug-likeness (QED) is 0.609. The Morgan fingerprint density at radius 2 is 1.94 bits per heavy atom. The SMILES string of the molecule is COc1ccc(NC(=O)Nc2sc(C(C)(C)C)cc2C(=O)N2CCNC(=O)CC2)cc1Cl. The summed E-state index contributed by atoms with van der Waals surface area (Å²) >= 11 is 7.49. The molecule has 1 aromatic carbocycles. The van der Waals surface area contributed by atoms with Gasteiger partial charge in [-0.3, -0.25) is 14.9 Å². The number of benzene rings is 1. The fraction of sp³-hybridized carbons (Fsp3) is 0.409. The number of amides is 4. The number of hydrogen-bond donors (Lipinski definition) is 3. The van der Waals surface area contributed by atoms with Crippen LogP contribution in [0.15, 0.2) is 24.3 Å². The Morgan fingerprint density at radius 1 is 1.19 bits per heavy atom. The molecule has 172 valence electrons. The second kappa shape index (κ2) is 9.79. The Labute approximate surface area is 196 Å². The van der Waals surface area contributed by atoms with Crippen molar-refractivity contribution in [3.8, 4) is 5.75 Å². The minimum absolute atomic E-state index is 0.0723. The second-order valence-corrected chi connectivity index (χ2v) is 9.88. The summed E-state index contributed by atoms with van der Waals surface area (Å²) in [6, 6.07) is 6.25. The maximum absolute atomic E-state index is 13.3. The lowest BCUT2D eigenvalue weighted by atomic mass is 9.94. The molecule has 1 saturated heterocycles. The standard InChI is InChI=1S/C22H27ClN4O4S/c1-22(2,3)17-12-14(20(29)27-9-7-18(28)24-8-10-27)19(32-17)26-21(30)25-13-5-6-16(31-4)15(23)11-13/h5-6,11-12H,7-10H2,1-4H3,(H,24,28)(H2,25,26,30). The number of methoxy groups -OCH3 is 1. The van der Waals surface area contributed by atoms with Gasteiger partial charge in [-0.15, -0.1) is 11.3 Å². The van der Waals surface area contributed by atoms with E-state index in [-0.39, 0.29) is 23.7 Å². The van der Waals surface area contributed by atoms with E-state index in [9.17, 15) is 14.4 Å². The van der Waals surface area contributed by atoms with E-state index >= 15 is 0 Å². The molecule has 1 aliphatic rings. The first kappa shape index (κ1) is 23.9. The molecule has 8 nitrogen and oxygen atoms in total. The molecule has 4 amide bonds. The largest absolute Gasteiger partial charge is 0.495 e. The number of rotatable bonds is 4. The van der Waals surface area contributed by atoms with Gasteiger partial charge < -0.3 is 20.3 Å². The number of carbonyl (C=O) groups is 3. The van der Waals surface area contributed by atoms with Crippen LogP contribution >= 0.6 is 22.9 Å². The van der Waals surface area contributed by atoms with Crippen LogP contribution in [0, 0.1) is 0 Å². The van der Waals surface area contributed by atoms with Crippen molar-refractivity contribution in [2.45, 2.75) is 32.6 Å². The molecular formula is C22H27ClN4O4S. The van der Waals surface area contributed by atoms with E-state index in [1.807, 2.05) is 26.8 Å². The second-order valence-electron chi connectivity index (χ2n) is 8.42. The van der Waals surface area contributed by atoms with E-state index in [2.05, 4.69) is 16.0 Å². The number of urea groups is 1. The topological polar surface area (TPSA) is 99.8 Å². The third-order valence-corrected chi connectivity index (χ3v) is 6.71. The Bertz CT molecular complexity index is 1030. The number of halogens is 1. The summed E-state index contributed by atoms with van der Waals surface area (Å²) in [5.74, 6) is 0.219. The van der Waals surface area contributed by atoms with Crippen molar-refractivity contribution in [1.29, 1.82) is 0 Å². The van der Waals surface area contributed by atoms with Gasteiger partial charge in [0.05, 0.1) is 17.7 Å². The highest BCUT2D eigenvalue weighted by Gasteiger charge is 2.28. The van der Waals surface area contributed by atoms with Crippen LogP contribution in [-0.2, 0) is 10.2 Å². The lowest BCUT2D eigenvalue weighted by molar-refractivity contribution is -0.120. The normalized spacial score (nSPS) is 14.4. The fourth-order valence-corrected chi connectivity index (χ4v) is 4.52. The molecule has 1 aliphatic heterocycles. The van der Waals surface area contributed by atoms with Crippen LogP contribution < -0.4 is 20.7 Å². The molecule has 0 unspecified atom stereocenters. The van der Waals surface area contributed by atoms with E-state index in [0.29, 0.717) is 46.7 Å². The number of anilines is 2. The third-order valence-electron chi connectivity index (χ3n) is 4.94. The molecule has 0 spiro atoms. The number of thiophene rings is 1. The third kappa shape index (κ3) is 5.72. The summed E-state index contributed by atoms with van der Waals surface area (Å²) in [5, 5.41) is 9.14. The highest BCUT2D eigenvalue weighted by atomic mass is 35.5. The van der Waals surface area contributed by atoms with Gasteiger partial charge in [0.2, 0.25) is 5.91 Å². The Kier molecular flexibility index (Phi) is 7.30. The molecule has 10 heteroatoms. The van der Waals surface area contributed by atoms with Crippen molar-refractivity contribution in [2.75, 3.05) is 37.4 Å². The van der Waals surface area contributed by atoms with Crippen LogP contribution in [0.5, 0.6) is 5.75 Å². The van der Waals surface area contributed by atoms with Crippen LogP contribution in [0.1, 0.15) is 42.4 Å². The summed E-state index contributed by atoms with van der Waals surface area (Å²) < 4.78 is 5.12. The number of ether oxygens (including phenoxy) is 1. The Hall–Kier alpha value is -2.78. The van der Waals surface area contributed by atoms with Gasteiger partial charge in [0.1, 0.15) is 10.8 Å². The van der Waals surface area contributed by atoms with Gasteiger partial charge in [-0.05, 0) is 29.7 Å². The molecule has 0 atom stereocenters. The average Bonchev–Trinajstić information content (AvgIpc) is 3.02. The van der Waals surface area contributed by atoms with Crippen LogP contribution in [0.25, 0.3) is 0 Å². The van der Waals surface area contributed by atoms with Gasteiger partial charge in [0.25, 0.3) is 5.91 Å². The van der Waals surface area contributed by atoms with Crippen LogP contribution in [0.2, 0.25) is 5.02 Å². The summed E-state index contributed by atoms with van der Waals surface area (Å²) in [6.45, 7) is 7.30. The molecular weight excluding hydrogens is 452 g/mol. The zero-order chi connectivity index (χ0) is 23.5. The molecule has 0 aliphatic carbocycles. The van der Waals surface area contributed by atoms with Gasteiger partial charge >= 0.3 is 6.03 Å². The maximum Gasteiger partial charge on any atom is 0.324 e. The minimum atomic E-state index is -0.490. The van der Waals surface area contributed by atoms with Crippen LogP contribution in [0.3, 0.4) is 0 Å². The highest BCUT2D eigenvalue weighted by molar-refractivity contribution is 7.16. The first-order chi connectivity index (χ1) is 15.1. The molecule has 2 heterocycles. The van der Waals surface area contributed by atoms with E-state index in [1.54, 1.807) is 23.1 Å². The maximum atomic E-state index is 13.3. The van der Waals surface area contributed by atoms with Gasteiger partial charge in [0, 0.05) is 36.6 Å². The Balaban J connectivity index is 1.82. The average molecular weight is 479 g/mol. The molecule has 1 fully saturated rings. The van der Waals surface area contributed by atoms with Crippen LogP contribution in [-0.4, -0.2) is 49.5 Å². The Morgan fingerprint density at radius 3 is 2.59 bits per heavy atom. The summed E-state index contributed by atoms with van der Waals surface area (Å²) in [4.78, 5) is 40.2. The van der Waals surface area contributed by atoms with Gasteiger partial charge in [-0.2, -0.15) is 0 Å². The van der Waals surface area contributed by atoms with Crippen molar-refractivity contribution in [1.82, 2.24) is 10.2 Å². The predicted octanol–water partition coefficient (Wildman–Crippen LogP) is 4.31. The number of nitrogens with zero attached hydrogens (tertiary/aromatic N) is 1. The molecule has 0 saturated carbocycles. The van der Waals surface area contributed by atoms with Gasteiger partial charge in [-0.25, -0.2) is 4.79 Å². The first-order valence-corrected chi connectivity index (χ1v) is 11.4. The molecule has 3 rings (SSSR count). The molecule has 1 aromatic heterocycles. The van der Waals surface area contributed by atoms with E-state index in [4.69, 9.17) is 16.3 Å². The van der Waals surface area contributed by atoms with Gasteiger partial charge in [-0.1, -0.05) is 32.4 Å². The van der Waals surface area contributed by atoms with E-state index < -0.39 is 6.03 Å². The lowest BCUT2D eigenvalue weighted by Crippen LogP contribution is -2.34. The summed E-state index contributed by atoms with van der Waals surface area (Å²) in [5.41, 5.74) is 0.707. The number of nitrogens with one attached hydrogen (secondary N) is 3. The number of carbonyl (C=O) groups excluding carboxylic acids is 3. The minimum Gasteiger partial charge on any atom is -0.495 e. The van der Waals surface area contributed by atoms with E-state index in [0.717, 1.165) is 4.88 Å². The summed E-state index contributed by atoms with van der Waals surface area (Å²) in [6.07, 6.45) is 0.253. The van der Waals surface area contributed by atoms with Crippen molar-refractivity contribution in [2.24, 2.45) is 0 Å². The molecule has 2 aromatic rings. The molecule has 3 N–H and O–H groups in total. The fourth-order valence-electron chi connectivity index (χ4n) is 3.16. The molecule has 32 heavy (non-hydrogen) atoms. The molecule has 0 bridgehead atoms. The van der Waals surface area contributed by atoms with Gasteiger partial charge in [0.15, 0.2) is 0 Å². The zero-order valence-corrected chi connectivity index (χ0v) is 20.1. The van der Waals surface area contributed by atoms with Crippen molar-refractivity contribution >= 4 is 51.5 Å². The van der Waals surface area contributed by atoms with E-state index in [1.165, 1.54) is 18.4 Å². The predicted molar refractivity (Wildman–Crippen MR) is 127 cm³/mol. The van der Waals surface area contributed by atoms with Crippen LogP contribution in [0.4, 0.5) is 15.5 Å². The monoisotopic (exact) mass is 478 g/mol. The molecule has 0 radical (unpaired) electrons.